The number of furan rings is 1. The first kappa shape index (κ1) is 23.7. The highest BCUT2D eigenvalue weighted by molar-refractivity contribution is 9.10. The highest BCUT2D eigenvalue weighted by Gasteiger charge is 2.28. The number of halogens is 2. The maximum absolute atomic E-state index is 12.7. The number of hydrogen-bond acceptors (Lipinski definition) is 5. The number of fused-ring (bicyclic) bond motifs is 1. The molecule has 174 valence electrons. The van der Waals surface area contributed by atoms with Gasteiger partial charge in [0.05, 0.1) is 16.3 Å². The van der Waals surface area contributed by atoms with Crippen LogP contribution in [0.15, 0.2) is 62.5 Å². The molecule has 10 heteroatoms. The van der Waals surface area contributed by atoms with Crippen LogP contribution in [0.4, 0.5) is 0 Å². The van der Waals surface area contributed by atoms with Gasteiger partial charge in [-0.3, -0.25) is 25.2 Å². The summed E-state index contributed by atoms with van der Waals surface area (Å²) in [5.41, 5.74) is 9.90. The number of amides is 3. The second-order valence-corrected chi connectivity index (χ2v) is 8.93. The van der Waals surface area contributed by atoms with Crippen molar-refractivity contribution in [1.82, 2.24) is 16.3 Å². The average molecular weight is 544 g/mol. The number of benzene rings is 2. The molecular formula is C24H20BrClN4O4. The lowest BCUT2D eigenvalue weighted by Crippen LogP contribution is -2.41. The van der Waals surface area contributed by atoms with Crippen molar-refractivity contribution in [3.05, 3.63) is 91.8 Å². The van der Waals surface area contributed by atoms with Gasteiger partial charge in [-0.25, -0.2) is 5.43 Å². The smallest absolute Gasteiger partial charge is 0.305 e. The molecule has 0 radical (unpaired) electrons. The molecular weight excluding hydrogens is 524 g/mol. The molecule has 0 spiro atoms. The van der Waals surface area contributed by atoms with Gasteiger partial charge >= 0.3 is 5.91 Å². The van der Waals surface area contributed by atoms with Crippen LogP contribution < -0.4 is 16.3 Å². The van der Waals surface area contributed by atoms with Gasteiger partial charge in [-0.05, 0) is 56.2 Å². The Labute approximate surface area is 208 Å². The predicted molar refractivity (Wildman–Crippen MR) is 131 cm³/mol. The molecule has 0 unspecified atom stereocenters. The molecule has 3 aromatic rings. The van der Waals surface area contributed by atoms with Gasteiger partial charge in [0.2, 0.25) is 0 Å². The van der Waals surface area contributed by atoms with Gasteiger partial charge in [-0.2, -0.15) is 5.10 Å². The van der Waals surface area contributed by atoms with E-state index in [0.29, 0.717) is 41.0 Å². The number of carbonyl (C=O) groups is 3. The number of carbonyl (C=O) groups excluding carboxylic acids is 3. The molecule has 2 aromatic carbocycles. The molecule has 0 fully saturated rings. The summed E-state index contributed by atoms with van der Waals surface area (Å²) in [6.45, 7) is 1.74. The fraction of sp³-hybridized carbons (Fsp3) is 0.167. The van der Waals surface area contributed by atoms with Crippen molar-refractivity contribution >= 4 is 51.0 Å². The summed E-state index contributed by atoms with van der Waals surface area (Å²) in [5, 5.41) is 4.58. The number of nitrogens with zero attached hydrogens (tertiary/aromatic N) is 1. The lowest BCUT2D eigenvalue weighted by molar-refractivity contribution is 0.0829. The third-order valence-corrected chi connectivity index (χ3v) is 6.20. The van der Waals surface area contributed by atoms with Crippen molar-refractivity contribution in [3.8, 4) is 0 Å². The molecule has 0 aliphatic heterocycles. The third kappa shape index (κ3) is 5.05. The molecule has 1 aliphatic rings. The Bertz CT molecular complexity index is 1300. The molecule has 34 heavy (non-hydrogen) atoms. The fourth-order valence-corrected chi connectivity index (χ4v) is 4.15. The Hall–Kier alpha value is -3.43. The molecule has 3 amide bonds. The molecule has 8 nitrogen and oxygen atoms in total. The van der Waals surface area contributed by atoms with Crippen LogP contribution in [0.25, 0.3) is 0 Å². The number of nitrogens with one attached hydrogen (secondary N) is 3. The van der Waals surface area contributed by atoms with Gasteiger partial charge in [-0.15, -0.1) is 0 Å². The van der Waals surface area contributed by atoms with E-state index in [4.69, 9.17) is 16.0 Å². The van der Waals surface area contributed by atoms with E-state index in [9.17, 15) is 14.4 Å². The Kier molecular flexibility index (Phi) is 7.14. The van der Waals surface area contributed by atoms with E-state index in [1.54, 1.807) is 55.5 Å². The first-order chi connectivity index (χ1) is 16.3. The van der Waals surface area contributed by atoms with Crippen molar-refractivity contribution in [1.29, 1.82) is 0 Å². The molecule has 0 saturated carbocycles. The highest BCUT2D eigenvalue weighted by atomic mass is 79.9. The average Bonchev–Trinajstić information content (AvgIpc) is 3.18. The van der Waals surface area contributed by atoms with Crippen molar-refractivity contribution < 1.29 is 18.8 Å². The van der Waals surface area contributed by atoms with Gasteiger partial charge < -0.3 is 4.42 Å². The number of hydrazine groups is 1. The standard InChI is InChI=1S/C24H20BrClN4O4/c1-13-20-18(27-28-22(31)14-9-11-15(25)12-10-14)7-4-8-19(20)34-21(13)24(33)30-29-23(32)16-5-2-3-6-17(16)26/h2-3,5-6,9-12H,4,7-8H2,1H3,(H,28,31)(H,29,32)(H,30,33)/b27-18+. The fourth-order valence-electron chi connectivity index (χ4n) is 3.66. The van der Waals surface area contributed by atoms with Crippen molar-refractivity contribution in [3.63, 3.8) is 0 Å². The maximum Gasteiger partial charge on any atom is 0.305 e. The molecule has 3 N–H and O–H groups in total. The van der Waals surface area contributed by atoms with Gasteiger partial charge in [-0.1, -0.05) is 39.7 Å². The Morgan fingerprint density at radius 2 is 1.68 bits per heavy atom. The summed E-state index contributed by atoms with van der Waals surface area (Å²) in [4.78, 5) is 37.5. The second kappa shape index (κ2) is 10.2. The van der Waals surface area contributed by atoms with E-state index in [1.165, 1.54) is 0 Å². The van der Waals surface area contributed by atoms with Crippen molar-refractivity contribution in [2.75, 3.05) is 0 Å². The summed E-state index contributed by atoms with van der Waals surface area (Å²) in [6.07, 6.45) is 2.02. The number of rotatable bonds is 4. The van der Waals surface area contributed by atoms with Crippen LogP contribution >= 0.6 is 27.5 Å². The summed E-state index contributed by atoms with van der Waals surface area (Å²) in [6, 6.07) is 13.4. The van der Waals surface area contributed by atoms with E-state index in [0.717, 1.165) is 10.9 Å². The zero-order valence-electron chi connectivity index (χ0n) is 18.1. The van der Waals surface area contributed by atoms with Gasteiger partial charge in [0.15, 0.2) is 5.76 Å². The van der Waals surface area contributed by atoms with Crippen LogP contribution in [0.2, 0.25) is 5.02 Å². The summed E-state index contributed by atoms with van der Waals surface area (Å²) in [7, 11) is 0. The summed E-state index contributed by atoms with van der Waals surface area (Å²) < 4.78 is 6.68. The molecule has 0 saturated heterocycles. The van der Waals surface area contributed by atoms with Gasteiger partial charge in [0.25, 0.3) is 11.8 Å². The zero-order valence-corrected chi connectivity index (χ0v) is 20.4. The number of hydrazone groups is 1. The van der Waals surface area contributed by atoms with E-state index in [-0.39, 0.29) is 22.3 Å². The SMILES string of the molecule is Cc1c(C(=O)NNC(=O)c2ccccc2Cl)oc2c1/C(=N/NC(=O)c1ccc(Br)cc1)CCC2. The molecule has 0 atom stereocenters. The van der Waals surface area contributed by atoms with Gasteiger partial charge in [0.1, 0.15) is 5.76 Å². The normalized spacial score (nSPS) is 13.8. The quantitative estimate of drug-likeness (QED) is 0.419. The van der Waals surface area contributed by atoms with E-state index < -0.39 is 11.8 Å². The minimum absolute atomic E-state index is 0.0679. The van der Waals surface area contributed by atoms with Crippen LogP contribution in [0, 0.1) is 6.92 Å². The second-order valence-electron chi connectivity index (χ2n) is 7.60. The molecule has 1 aromatic heterocycles. The number of aryl methyl sites for hydroxylation is 1. The monoisotopic (exact) mass is 542 g/mol. The van der Waals surface area contributed by atoms with Crippen molar-refractivity contribution in [2.24, 2.45) is 5.10 Å². The maximum atomic E-state index is 12.7. The van der Waals surface area contributed by atoms with Crippen LogP contribution in [-0.4, -0.2) is 23.4 Å². The lowest BCUT2D eigenvalue weighted by atomic mass is 9.93. The number of hydrogen-bond donors (Lipinski definition) is 3. The molecule has 1 heterocycles. The summed E-state index contributed by atoms with van der Waals surface area (Å²) >= 11 is 9.36. The van der Waals surface area contributed by atoms with Crippen LogP contribution in [0.3, 0.4) is 0 Å². The Morgan fingerprint density at radius 1 is 0.971 bits per heavy atom. The minimum atomic E-state index is -0.606. The zero-order chi connectivity index (χ0) is 24.2. The first-order valence-electron chi connectivity index (χ1n) is 10.5. The third-order valence-electron chi connectivity index (χ3n) is 5.34. The highest BCUT2D eigenvalue weighted by Crippen LogP contribution is 2.30. The first-order valence-corrected chi connectivity index (χ1v) is 11.6. The van der Waals surface area contributed by atoms with E-state index in [1.807, 2.05) is 0 Å². The van der Waals surface area contributed by atoms with Crippen molar-refractivity contribution in [2.45, 2.75) is 26.2 Å². The Balaban J connectivity index is 1.48. The largest absolute Gasteiger partial charge is 0.455 e. The molecule has 0 bridgehead atoms. The van der Waals surface area contributed by atoms with E-state index in [2.05, 4.69) is 37.3 Å². The summed E-state index contributed by atoms with van der Waals surface area (Å²) in [5.74, 6) is -0.814. The van der Waals surface area contributed by atoms with Crippen LogP contribution in [-0.2, 0) is 6.42 Å². The van der Waals surface area contributed by atoms with E-state index >= 15 is 0 Å². The molecule has 4 rings (SSSR count). The predicted octanol–water partition coefficient (Wildman–Crippen LogP) is 4.55. The lowest BCUT2D eigenvalue weighted by Gasteiger charge is -2.13. The Morgan fingerprint density at radius 3 is 2.41 bits per heavy atom. The van der Waals surface area contributed by atoms with Gasteiger partial charge in [0, 0.05) is 27.6 Å². The topological polar surface area (TPSA) is 113 Å². The minimum Gasteiger partial charge on any atom is -0.455 e. The van der Waals surface area contributed by atoms with Crippen LogP contribution in [0.5, 0.6) is 0 Å². The van der Waals surface area contributed by atoms with Crippen LogP contribution in [0.1, 0.15) is 61.0 Å². The molecule has 1 aliphatic carbocycles.